The largest absolute Gasteiger partial charge is 0.485 e. The summed E-state index contributed by atoms with van der Waals surface area (Å²) in [5.74, 6) is 2.04. The molecule has 4 nitrogen and oxygen atoms in total. The average molecular weight is 321 g/mol. The van der Waals surface area contributed by atoms with Crippen LogP contribution in [0.3, 0.4) is 0 Å². The van der Waals surface area contributed by atoms with Gasteiger partial charge in [0.1, 0.15) is 12.4 Å². The predicted octanol–water partition coefficient (Wildman–Crippen LogP) is 4.54. The zero-order valence-corrected chi connectivity index (χ0v) is 13.8. The van der Waals surface area contributed by atoms with Crippen molar-refractivity contribution in [1.82, 2.24) is 9.38 Å². The van der Waals surface area contributed by atoms with Crippen LogP contribution in [-0.2, 0) is 6.61 Å². The molecule has 4 heteroatoms. The summed E-state index contributed by atoms with van der Waals surface area (Å²) in [4.78, 5) is 4.86. The molecule has 2 heterocycles. The third kappa shape index (κ3) is 2.84. The number of nitrogens with two attached hydrogens (primary N) is 1. The van der Waals surface area contributed by atoms with E-state index in [1.54, 1.807) is 0 Å². The molecule has 0 saturated heterocycles. The van der Waals surface area contributed by atoms with E-state index in [1.807, 2.05) is 40.9 Å². The van der Waals surface area contributed by atoms with Crippen LogP contribution in [0.25, 0.3) is 5.65 Å². The van der Waals surface area contributed by atoms with E-state index in [1.165, 1.54) is 32.1 Å². The molecule has 3 aromatic rings. The Balaban J connectivity index is 1.64. The maximum atomic E-state index is 6.39. The van der Waals surface area contributed by atoms with Crippen LogP contribution in [0, 0.1) is 0 Å². The van der Waals surface area contributed by atoms with Gasteiger partial charge in [-0.1, -0.05) is 49.6 Å². The van der Waals surface area contributed by atoms with Gasteiger partial charge in [0.2, 0.25) is 0 Å². The maximum Gasteiger partial charge on any atom is 0.181 e. The molecule has 4 rings (SSSR count). The molecule has 1 aromatic carbocycles. The highest BCUT2D eigenvalue weighted by Gasteiger charge is 2.23. The maximum absolute atomic E-state index is 6.39. The minimum absolute atomic E-state index is 0.487. The lowest BCUT2D eigenvalue weighted by Crippen LogP contribution is -2.07. The molecule has 1 fully saturated rings. The summed E-state index contributed by atoms with van der Waals surface area (Å²) in [6.07, 6.45) is 8.22. The minimum atomic E-state index is 0.487. The Morgan fingerprint density at radius 2 is 1.83 bits per heavy atom. The molecule has 2 aromatic heterocycles. The van der Waals surface area contributed by atoms with Crippen LogP contribution >= 0.6 is 0 Å². The van der Waals surface area contributed by atoms with E-state index >= 15 is 0 Å². The molecule has 1 aliphatic rings. The Bertz CT molecular complexity index is 820. The van der Waals surface area contributed by atoms with Gasteiger partial charge in [-0.3, -0.25) is 4.40 Å². The van der Waals surface area contributed by atoms with Gasteiger partial charge in [0, 0.05) is 12.1 Å². The van der Waals surface area contributed by atoms with E-state index in [9.17, 15) is 0 Å². The van der Waals surface area contributed by atoms with Crippen molar-refractivity contribution in [2.24, 2.45) is 0 Å². The van der Waals surface area contributed by atoms with Gasteiger partial charge in [-0.2, -0.15) is 0 Å². The Hall–Kier alpha value is -2.49. The van der Waals surface area contributed by atoms with Crippen LogP contribution < -0.4 is 10.5 Å². The first-order valence-corrected chi connectivity index (χ1v) is 8.76. The minimum Gasteiger partial charge on any atom is -0.485 e. The summed E-state index contributed by atoms with van der Waals surface area (Å²) < 4.78 is 7.98. The second kappa shape index (κ2) is 6.56. The van der Waals surface area contributed by atoms with Crippen LogP contribution in [0.4, 0.5) is 5.82 Å². The topological polar surface area (TPSA) is 52.5 Å². The van der Waals surface area contributed by atoms with E-state index in [0.29, 0.717) is 12.5 Å². The van der Waals surface area contributed by atoms with Crippen LogP contribution in [-0.4, -0.2) is 9.38 Å². The molecule has 0 unspecified atom stereocenters. The molecule has 0 atom stereocenters. The number of nitrogen functional groups attached to an aromatic ring is 1. The van der Waals surface area contributed by atoms with Crippen LogP contribution in [0.2, 0.25) is 0 Å². The summed E-state index contributed by atoms with van der Waals surface area (Å²) in [5, 5.41) is 0. The molecule has 0 aliphatic heterocycles. The molecule has 0 amide bonds. The van der Waals surface area contributed by atoms with Crippen LogP contribution in [0.5, 0.6) is 5.75 Å². The summed E-state index contributed by atoms with van der Waals surface area (Å²) in [7, 11) is 0. The number of rotatable bonds is 4. The van der Waals surface area contributed by atoms with E-state index in [0.717, 1.165) is 28.5 Å². The number of aromatic nitrogens is 2. The van der Waals surface area contributed by atoms with Gasteiger partial charge in [0.25, 0.3) is 0 Å². The number of anilines is 1. The highest BCUT2D eigenvalue weighted by Crippen LogP contribution is 2.36. The molecule has 0 bridgehead atoms. The van der Waals surface area contributed by atoms with Crippen molar-refractivity contribution < 1.29 is 4.74 Å². The van der Waals surface area contributed by atoms with Gasteiger partial charge in [0.15, 0.2) is 11.4 Å². The summed E-state index contributed by atoms with van der Waals surface area (Å²) in [6.45, 7) is 0.534. The SMILES string of the molecule is Nc1c(C2CCCCC2)nc2c(OCc3ccccc3)cccn12. The van der Waals surface area contributed by atoms with Gasteiger partial charge in [0.05, 0.1) is 5.69 Å². The monoisotopic (exact) mass is 321 g/mol. The highest BCUT2D eigenvalue weighted by molar-refractivity contribution is 5.61. The molecule has 124 valence electrons. The first-order valence-electron chi connectivity index (χ1n) is 8.76. The standard InChI is InChI=1S/C20H23N3O/c21-19-18(16-10-5-2-6-11-16)22-20-17(12-7-13-23(19)20)24-14-15-8-3-1-4-9-15/h1,3-4,7-9,12-13,16H,2,5-6,10-11,14,21H2. The van der Waals surface area contributed by atoms with Crippen LogP contribution in [0.15, 0.2) is 48.7 Å². The van der Waals surface area contributed by atoms with Gasteiger partial charge in [-0.05, 0) is 30.5 Å². The number of hydrogen-bond acceptors (Lipinski definition) is 3. The molecule has 24 heavy (non-hydrogen) atoms. The predicted molar refractivity (Wildman–Crippen MR) is 96.2 cm³/mol. The van der Waals surface area contributed by atoms with Gasteiger partial charge in [-0.15, -0.1) is 0 Å². The molecular formula is C20H23N3O. The zero-order valence-electron chi connectivity index (χ0n) is 13.8. The summed E-state index contributed by atoms with van der Waals surface area (Å²) in [6, 6.07) is 14.1. The number of fused-ring (bicyclic) bond motifs is 1. The molecule has 2 N–H and O–H groups in total. The van der Waals surface area contributed by atoms with Crippen molar-refractivity contribution in [3.05, 3.63) is 59.9 Å². The summed E-state index contributed by atoms with van der Waals surface area (Å²) >= 11 is 0. The van der Waals surface area contributed by atoms with Gasteiger partial charge < -0.3 is 10.5 Å². The second-order valence-corrected chi connectivity index (χ2v) is 6.56. The van der Waals surface area contributed by atoms with E-state index in [-0.39, 0.29) is 0 Å². The quantitative estimate of drug-likeness (QED) is 0.767. The van der Waals surface area contributed by atoms with Crippen molar-refractivity contribution in [3.8, 4) is 5.75 Å². The lowest BCUT2D eigenvalue weighted by Gasteiger charge is -2.20. The van der Waals surface area contributed by atoms with Crippen molar-refractivity contribution >= 4 is 11.5 Å². The smallest absolute Gasteiger partial charge is 0.181 e. The zero-order chi connectivity index (χ0) is 16.4. The van der Waals surface area contributed by atoms with E-state index in [4.69, 9.17) is 15.5 Å². The van der Waals surface area contributed by atoms with E-state index in [2.05, 4.69) is 12.1 Å². The fourth-order valence-corrected chi connectivity index (χ4v) is 3.60. The summed E-state index contributed by atoms with van der Waals surface area (Å²) in [5.41, 5.74) is 9.41. The Morgan fingerprint density at radius 3 is 2.62 bits per heavy atom. The number of hydrogen-bond donors (Lipinski definition) is 1. The number of pyridine rings is 1. The highest BCUT2D eigenvalue weighted by atomic mass is 16.5. The first kappa shape index (κ1) is 15.1. The fourth-order valence-electron chi connectivity index (χ4n) is 3.60. The lowest BCUT2D eigenvalue weighted by molar-refractivity contribution is 0.308. The normalized spacial score (nSPS) is 15.7. The third-order valence-corrected chi connectivity index (χ3v) is 4.91. The van der Waals surface area contributed by atoms with Crippen molar-refractivity contribution in [2.45, 2.75) is 44.6 Å². The van der Waals surface area contributed by atoms with E-state index < -0.39 is 0 Å². The fraction of sp³-hybridized carbons (Fsp3) is 0.350. The molecular weight excluding hydrogens is 298 g/mol. The van der Waals surface area contributed by atoms with Crippen molar-refractivity contribution in [3.63, 3.8) is 0 Å². The first-order chi connectivity index (χ1) is 11.8. The number of benzene rings is 1. The van der Waals surface area contributed by atoms with Gasteiger partial charge in [-0.25, -0.2) is 4.98 Å². The van der Waals surface area contributed by atoms with Crippen LogP contribution in [0.1, 0.15) is 49.3 Å². The number of ether oxygens (including phenoxy) is 1. The number of imidazole rings is 1. The Kier molecular flexibility index (Phi) is 4.11. The molecule has 0 spiro atoms. The van der Waals surface area contributed by atoms with Gasteiger partial charge >= 0.3 is 0 Å². The van der Waals surface area contributed by atoms with Crippen molar-refractivity contribution in [2.75, 3.05) is 5.73 Å². The Labute approximate surface area is 142 Å². The third-order valence-electron chi connectivity index (χ3n) is 4.91. The molecule has 1 aliphatic carbocycles. The average Bonchev–Trinajstić information content (AvgIpc) is 2.99. The molecule has 1 saturated carbocycles. The molecule has 0 radical (unpaired) electrons. The van der Waals surface area contributed by atoms with Crippen molar-refractivity contribution in [1.29, 1.82) is 0 Å². The Morgan fingerprint density at radius 1 is 1.04 bits per heavy atom. The second-order valence-electron chi connectivity index (χ2n) is 6.56. The lowest BCUT2D eigenvalue weighted by atomic mass is 9.87. The number of nitrogens with zero attached hydrogens (tertiary/aromatic N) is 2.